The Morgan fingerprint density at radius 1 is 0.441 bits per heavy atom. The maximum absolute atomic E-state index is 12.6. The van der Waals surface area contributed by atoms with Crippen molar-refractivity contribution in [2.45, 2.75) is 219 Å². The lowest BCUT2D eigenvalue weighted by Gasteiger charge is -2.19. The van der Waals surface area contributed by atoms with E-state index in [1.54, 1.807) is 12.2 Å². The molecule has 0 radical (unpaired) electrons. The number of esters is 2. The zero-order valence-corrected chi connectivity index (χ0v) is 43.9. The summed E-state index contributed by atoms with van der Waals surface area (Å²) in [5, 5.41) is 0. The van der Waals surface area contributed by atoms with Crippen molar-refractivity contribution in [3.05, 3.63) is 109 Å². The van der Waals surface area contributed by atoms with Crippen molar-refractivity contribution in [3.8, 4) is 0 Å². The molecule has 0 saturated heterocycles. The third-order valence-electron chi connectivity index (χ3n) is 10.9. The zero-order chi connectivity index (χ0) is 49.5. The van der Waals surface area contributed by atoms with Gasteiger partial charge in [-0.25, -0.2) is 4.57 Å². The van der Waals surface area contributed by atoms with Crippen LogP contribution in [0.4, 0.5) is 0 Å². The van der Waals surface area contributed by atoms with Gasteiger partial charge in [-0.3, -0.25) is 18.6 Å². The van der Waals surface area contributed by atoms with Crippen molar-refractivity contribution in [1.29, 1.82) is 0 Å². The predicted octanol–water partition coefficient (Wildman–Crippen LogP) is 16.7. The van der Waals surface area contributed by atoms with E-state index >= 15 is 0 Å². The van der Waals surface area contributed by atoms with E-state index in [1.807, 2.05) is 24.3 Å². The molecule has 0 amide bonds. The summed E-state index contributed by atoms with van der Waals surface area (Å²) in [6, 6.07) is 0. The van der Waals surface area contributed by atoms with Crippen LogP contribution in [0.5, 0.6) is 0 Å². The molecule has 0 heterocycles. The molecule has 10 heteroatoms. The Morgan fingerprint density at radius 3 is 1.13 bits per heavy atom. The highest BCUT2D eigenvalue weighted by Crippen LogP contribution is 2.43. The van der Waals surface area contributed by atoms with Crippen molar-refractivity contribution >= 4 is 19.8 Å². The first-order valence-electron chi connectivity index (χ1n) is 26.9. The van der Waals surface area contributed by atoms with Gasteiger partial charge in [-0.05, 0) is 70.6 Å². The topological polar surface area (TPSA) is 134 Å². The number of hydrogen-bond donors (Lipinski definition) is 2. The minimum Gasteiger partial charge on any atom is -0.461 e. The molecule has 0 bridgehead atoms. The molecule has 3 N–H and O–H groups in total. The van der Waals surface area contributed by atoms with Gasteiger partial charge in [-0.2, -0.15) is 0 Å². The van der Waals surface area contributed by atoms with Gasteiger partial charge < -0.3 is 20.1 Å². The molecule has 0 aliphatic carbocycles. The van der Waals surface area contributed by atoms with Crippen LogP contribution >= 0.6 is 7.82 Å². The van der Waals surface area contributed by atoms with Crippen LogP contribution < -0.4 is 5.73 Å². The molecule has 0 aromatic rings. The van der Waals surface area contributed by atoms with Crippen LogP contribution in [0.1, 0.15) is 213 Å². The minimum atomic E-state index is -4.44. The van der Waals surface area contributed by atoms with Gasteiger partial charge in [0.15, 0.2) is 6.10 Å². The number of phosphoric ester groups is 1. The maximum Gasteiger partial charge on any atom is 0.472 e. The van der Waals surface area contributed by atoms with Gasteiger partial charge in [-0.15, -0.1) is 0 Å². The van der Waals surface area contributed by atoms with Gasteiger partial charge in [0.2, 0.25) is 0 Å². The van der Waals surface area contributed by atoms with E-state index in [-0.39, 0.29) is 32.6 Å². The molecule has 1 unspecified atom stereocenters. The van der Waals surface area contributed by atoms with Gasteiger partial charge in [-0.1, -0.05) is 239 Å². The van der Waals surface area contributed by atoms with E-state index in [1.165, 1.54) is 135 Å². The van der Waals surface area contributed by atoms with Crippen LogP contribution in [0.15, 0.2) is 109 Å². The highest BCUT2D eigenvalue weighted by Gasteiger charge is 2.25. The van der Waals surface area contributed by atoms with Crippen molar-refractivity contribution in [1.82, 2.24) is 0 Å². The summed E-state index contributed by atoms with van der Waals surface area (Å²) in [7, 11) is -4.44. The van der Waals surface area contributed by atoms with E-state index in [9.17, 15) is 19.0 Å². The van der Waals surface area contributed by atoms with Crippen molar-refractivity contribution in [2.24, 2.45) is 5.73 Å². The summed E-state index contributed by atoms with van der Waals surface area (Å²) in [6.45, 7) is 3.52. The number of nitrogens with two attached hydrogens (primary N) is 1. The number of carbonyl (C=O) groups is 2. The van der Waals surface area contributed by atoms with Gasteiger partial charge in [0.1, 0.15) is 6.61 Å². The highest BCUT2D eigenvalue weighted by molar-refractivity contribution is 7.47. The molecule has 388 valence electrons. The molecular weight excluding hydrogens is 870 g/mol. The van der Waals surface area contributed by atoms with Crippen LogP contribution in [-0.2, 0) is 32.7 Å². The predicted molar refractivity (Wildman–Crippen MR) is 288 cm³/mol. The highest BCUT2D eigenvalue weighted by atomic mass is 31.2. The van der Waals surface area contributed by atoms with Gasteiger partial charge in [0.25, 0.3) is 0 Å². The fourth-order valence-corrected chi connectivity index (χ4v) is 7.73. The van der Waals surface area contributed by atoms with E-state index in [4.69, 9.17) is 24.3 Å². The summed E-state index contributed by atoms with van der Waals surface area (Å²) in [6.07, 6.45) is 72.1. The monoisotopic (exact) mass is 968 g/mol. The van der Waals surface area contributed by atoms with Crippen molar-refractivity contribution in [2.75, 3.05) is 26.4 Å². The molecule has 0 aromatic heterocycles. The molecule has 0 aliphatic heterocycles. The second-order valence-electron chi connectivity index (χ2n) is 17.4. The minimum absolute atomic E-state index is 0.0232. The molecule has 0 spiro atoms. The fraction of sp³-hybridized carbons (Fsp3) is 0.655. The molecular formula is C58H98NO8P. The van der Waals surface area contributed by atoms with E-state index in [0.29, 0.717) is 12.8 Å². The van der Waals surface area contributed by atoms with Gasteiger partial charge in [0, 0.05) is 6.54 Å². The molecule has 2 atom stereocenters. The molecule has 0 aliphatic rings. The lowest BCUT2D eigenvalue weighted by molar-refractivity contribution is -0.160. The molecule has 0 fully saturated rings. The fourth-order valence-electron chi connectivity index (χ4n) is 6.97. The maximum atomic E-state index is 12.6. The molecule has 0 saturated carbocycles. The summed E-state index contributed by atoms with van der Waals surface area (Å²) in [5.74, 6) is -1.12. The number of phosphoric acid groups is 1. The van der Waals surface area contributed by atoms with E-state index in [2.05, 4.69) is 86.8 Å². The average Bonchev–Trinajstić information content (AvgIpc) is 3.33. The van der Waals surface area contributed by atoms with E-state index in [0.717, 1.165) is 38.5 Å². The summed E-state index contributed by atoms with van der Waals surface area (Å²) < 4.78 is 32.7. The number of hydrogen-bond acceptors (Lipinski definition) is 8. The second kappa shape index (κ2) is 53.0. The Bertz CT molecular complexity index is 1480. The van der Waals surface area contributed by atoms with Crippen molar-refractivity contribution < 1.29 is 37.6 Å². The van der Waals surface area contributed by atoms with Crippen LogP contribution in [0.3, 0.4) is 0 Å². The molecule has 0 rings (SSSR count). The third-order valence-corrected chi connectivity index (χ3v) is 11.9. The second-order valence-corrected chi connectivity index (χ2v) is 18.9. The quantitative estimate of drug-likeness (QED) is 0.0264. The Kier molecular flexibility index (Phi) is 50.4. The number of carbonyl (C=O) groups excluding carboxylic acids is 2. The standard InChI is InChI=1S/C58H98NO8P/c1-3-5-7-9-11-13-15-17-19-21-23-25-27-29-30-32-34-36-38-40-42-44-46-48-50-57(60)64-54-56(55-66-68(62,63)65-53-52-59)67-58(61)51-49-47-45-43-41-39-37-35-33-31-28-26-24-22-20-18-16-14-12-10-8-6-4-2/h23,25,28-31,34-37,40-43,46-49,56H,3-22,24,26-27,32-33,38-39,44-45,50-55,59H2,1-2H3,(H,62,63)/t56-/m1/s1. The summed E-state index contributed by atoms with van der Waals surface area (Å²) >= 11 is 0. The summed E-state index contributed by atoms with van der Waals surface area (Å²) in [4.78, 5) is 34.9. The van der Waals surface area contributed by atoms with E-state index < -0.39 is 32.5 Å². The Labute approximate surface area is 416 Å². The lowest BCUT2D eigenvalue weighted by atomic mass is 10.1. The smallest absolute Gasteiger partial charge is 0.461 e. The number of unbranched alkanes of at least 4 members (excludes halogenated alkanes) is 20. The number of rotatable bonds is 49. The first-order chi connectivity index (χ1) is 33.3. The Morgan fingerprint density at radius 2 is 0.765 bits per heavy atom. The largest absolute Gasteiger partial charge is 0.472 e. The number of ether oxygens (including phenoxy) is 2. The van der Waals surface area contributed by atoms with Crippen LogP contribution in [0.2, 0.25) is 0 Å². The van der Waals surface area contributed by atoms with Gasteiger partial charge in [0.05, 0.1) is 26.1 Å². The molecule has 9 nitrogen and oxygen atoms in total. The van der Waals surface area contributed by atoms with Crippen LogP contribution in [0, 0.1) is 0 Å². The van der Waals surface area contributed by atoms with Crippen molar-refractivity contribution in [3.63, 3.8) is 0 Å². The Balaban J connectivity index is 4.30. The number of allylic oxidation sites excluding steroid dienone is 16. The van der Waals surface area contributed by atoms with Gasteiger partial charge >= 0.3 is 19.8 Å². The lowest BCUT2D eigenvalue weighted by Crippen LogP contribution is -2.29. The molecule has 0 aromatic carbocycles. The third kappa shape index (κ3) is 52.0. The Hall–Kier alpha value is -3.33. The zero-order valence-electron chi connectivity index (χ0n) is 43.0. The SMILES string of the molecule is CCCCCCCCCCCC=CCC=CCC=CCC=CCC=CCC(=O)OC[C@H](COP(=O)(O)OCCN)OC(=O)CC=CCC=CCC=CCC=CCCCCCCCCCCCCC. The first-order valence-corrected chi connectivity index (χ1v) is 28.4. The molecule has 68 heavy (non-hydrogen) atoms. The average molecular weight is 968 g/mol. The first kappa shape index (κ1) is 64.7. The van der Waals surface area contributed by atoms with Crippen LogP contribution in [0.25, 0.3) is 0 Å². The van der Waals surface area contributed by atoms with Crippen LogP contribution in [-0.4, -0.2) is 49.3 Å². The normalized spacial score (nSPS) is 14.0. The summed E-state index contributed by atoms with van der Waals surface area (Å²) in [5.41, 5.74) is 5.35.